The highest BCUT2D eigenvalue weighted by molar-refractivity contribution is 8.00. The second-order valence-electron chi connectivity index (χ2n) is 6.20. The lowest BCUT2D eigenvalue weighted by atomic mass is 10.1. The van der Waals surface area contributed by atoms with Gasteiger partial charge in [-0.1, -0.05) is 30.3 Å². The molecule has 0 atom stereocenters. The van der Waals surface area contributed by atoms with Gasteiger partial charge in [-0.2, -0.15) is 0 Å². The zero-order valence-corrected chi connectivity index (χ0v) is 15.7. The molecule has 0 radical (unpaired) electrons. The van der Waals surface area contributed by atoms with E-state index in [1.165, 1.54) is 11.8 Å². The minimum Gasteiger partial charge on any atom is -0.369 e. The summed E-state index contributed by atoms with van der Waals surface area (Å²) < 4.78 is 0. The number of carbonyl (C=O) groups is 3. The molecular formula is C20H21N3O3S. The summed E-state index contributed by atoms with van der Waals surface area (Å²) in [5.41, 5.74) is 6.43. The summed E-state index contributed by atoms with van der Waals surface area (Å²) in [6.45, 7) is 1.95. The molecule has 3 rings (SSSR count). The summed E-state index contributed by atoms with van der Waals surface area (Å²) in [5, 5.41) is 0. The van der Waals surface area contributed by atoms with Crippen LogP contribution < -0.4 is 5.73 Å². The van der Waals surface area contributed by atoms with Gasteiger partial charge in [0.05, 0.1) is 11.3 Å². The molecule has 2 aromatic carbocycles. The van der Waals surface area contributed by atoms with Gasteiger partial charge in [-0.3, -0.25) is 14.4 Å². The first-order chi connectivity index (χ1) is 13.1. The lowest BCUT2D eigenvalue weighted by Crippen LogP contribution is -2.50. The number of hydrogen-bond acceptors (Lipinski definition) is 4. The summed E-state index contributed by atoms with van der Waals surface area (Å²) >= 11 is 1.26. The van der Waals surface area contributed by atoms with Crippen LogP contribution in [0.2, 0.25) is 0 Å². The van der Waals surface area contributed by atoms with Crippen LogP contribution in [0, 0.1) is 0 Å². The number of piperazine rings is 1. The molecule has 1 heterocycles. The van der Waals surface area contributed by atoms with Gasteiger partial charge in [0, 0.05) is 36.6 Å². The molecule has 0 saturated carbocycles. The third kappa shape index (κ3) is 4.68. The Bertz CT molecular complexity index is 833. The van der Waals surface area contributed by atoms with Gasteiger partial charge in [-0.25, -0.2) is 0 Å². The summed E-state index contributed by atoms with van der Waals surface area (Å²) in [6.07, 6.45) is 0. The van der Waals surface area contributed by atoms with Crippen molar-refractivity contribution in [2.75, 3.05) is 31.9 Å². The highest BCUT2D eigenvalue weighted by Crippen LogP contribution is 2.24. The number of rotatable bonds is 5. The quantitative estimate of drug-likeness (QED) is 0.799. The van der Waals surface area contributed by atoms with Crippen LogP contribution in [0.1, 0.15) is 20.7 Å². The zero-order valence-electron chi connectivity index (χ0n) is 14.8. The third-order valence-corrected chi connectivity index (χ3v) is 5.46. The molecule has 27 heavy (non-hydrogen) atoms. The maximum Gasteiger partial charge on any atom is 0.255 e. The van der Waals surface area contributed by atoms with Crippen LogP contribution >= 0.6 is 11.8 Å². The Morgan fingerprint density at radius 2 is 1.37 bits per heavy atom. The van der Waals surface area contributed by atoms with Crippen LogP contribution in [0.3, 0.4) is 0 Å². The van der Waals surface area contributed by atoms with Gasteiger partial charge in [0.25, 0.3) is 11.8 Å². The number of thioether (sulfide) groups is 1. The molecule has 0 spiro atoms. The van der Waals surface area contributed by atoms with E-state index in [0.717, 1.165) is 4.90 Å². The van der Waals surface area contributed by atoms with Gasteiger partial charge in [-0.15, -0.1) is 11.8 Å². The average Bonchev–Trinajstić information content (AvgIpc) is 2.72. The first-order valence-corrected chi connectivity index (χ1v) is 9.68. The Labute approximate surface area is 162 Å². The number of primary amides is 1. The lowest BCUT2D eigenvalue weighted by Gasteiger charge is -2.35. The highest BCUT2D eigenvalue weighted by Gasteiger charge is 2.26. The zero-order chi connectivity index (χ0) is 19.2. The summed E-state index contributed by atoms with van der Waals surface area (Å²) in [4.78, 5) is 40.7. The maximum absolute atomic E-state index is 12.9. The van der Waals surface area contributed by atoms with Crippen molar-refractivity contribution in [3.8, 4) is 0 Å². The van der Waals surface area contributed by atoms with Crippen LogP contribution in [0.4, 0.5) is 0 Å². The second kappa shape index (κ2) is 8.73. The minimum absolute atomic E-state index is 0.0138. The standard InChI is InChI=1S/C20H21N3O3S/c21-18(24)14-27-17-9-5-4-8-16(17)20(26)23-12-10-22(11-13-23)19(25)15-6-2-1-3-7-15/h1-9H,10-14H2,(H2,21,24). The number of nitrogens with zero attached hydrogens (tertiary/aromatic N) is 2. The van der Waals surface area contributed by atoms with E-state index in [2.05, 4.69) is 0 Å². The second-order valence-corrected chi connectivity index (χ2v) is 7.22. The van der Waals surface area contributed by atoms with Crippen molar-refractivity contribution in [3.05, 3.63) is 65.7 Å². The summed E-state index contributed by atoms with van der Waals surface area (Å²) in [5.74, 6) is -0.395. The van der Waals surface area contributed by atoms with E-state index < -0.39 is 5.91 Å². The molecule has 1 aliphatic heterocycles. The largest absolute Gasteiger partial charge is 0.369 e. The van der Waals surface area contributed by atoms with Crippen LogP contribution in [-0.4, -0.2) is 59.5 Å². The number of amides is 3. The molecule has 0 unspecified atom stereocenters. The van der Waals surface area contributed by atoms with Crippen LogP contribution in [-0.2, 0) is 4.79 Å². The fourth-order valence-corrected chi connectivity index (χ4v) is 3.75. The Morgan fingerprint density at radius 1 is 0.815 bits per heavy atom. The molecule has 6 nitrogen and oxygen atoms in total. The summed E-state index contributed by atoms with van der Waals surface area (Å²) in [6, 6.07) is 16.4. The molecule has 140 valence electrons. The fourth-order valence-electron chi connectivity index (χ4n) is 2.96. The maximum atomic E-state index is 12.9. The Kier molecular flexibility index (Phi) is 6.13. The molecule has 7 heteroatoms. The fraction of sp³-hybridized carbons (Fsp3) is 0.250. The number of nitrogens with two attached hydrogens (primary N) is 1. The molecule has 0 bridgehead atoms. The van der Waals surface area contributed by atoms with E-state index in [1.54, 1.807) is 34.1 Å². The van der Waals surface area contributed by atoms with Crippen molar-refractivity contribution in [2.45, 2.75) is 4.90 Å². The first kappa shape index (κ1) is 19.0. The van der Waals surface area contributed by atoms with E-state index in [-0.39, 0.29) is 17.6 Å². The van der Waals surface area contributed by atoms with E-state index >= 15 is 0 Å². The first-order valence-electron chi connectivity index (χ1n) is 8.70. The van der Waals surface area contributed by atoms with Gasteiger partial charge in [-0.05, 0) is 24.3 Å². The van der Waals surface area contributed by atoms with Gasteiger partial charge in [0.1, 0.15) is 0 Å². The van der Waals surface area contributed by atoms with E-state index in [0.29, 0.717) is 37.3 Å². The van der Waals surface area contributed by atoms with Crippen molar-refractivity contribution >= 4 is 29.5 Å². The number of carbonyl (C=O) groups excluding carboxylic acids is 3. The topological polar surface area (TPSA) is 83.7 Å². The third-order valence-electron chi connectivity index (χ3n) is 4.36. The van der Waals surface area contributed by atoms with Gasteiger partial charge < -0.3 is 15.5 Å². The molecule has 2 N–H and O–H groups in total. The van der Waals surface area contributed by atoms with Gasteiger partial charge in [0.2, 0.25) is 5.91 Å². The van der Waals surface area contributed by atoms with E-state index in [1.807, 2.05) is 30.3 Å². The van der Waals surface area contributed by atoms with E-state index in [4.69, 9.17) is 5.73 Å². The van der Waals surface area contributed by atoms with Crippen molar-refractivity contribution in [2.24, 2.45) is 5.73 Å². The predicted molar refractivity (Wildman–Crippen MR) is 105 cm³/mol. The normalized spacial score (nSPS) is 14.1. The summed E-state index contributed by atoms with van der Waals surface area (Å²) in [7, 11) is 0. The predicted octanol–water partition coefficient (Wildman–Crippen LogP) is 1.86. The smallest absolute Gasteiger partial charge is 0.255 e. The number of hydrogen-bond donors (Lipinski definition) is 1. The molecule has 2 aromatic rings. The molecule has 1 fully saturated rings. The molecule has 0 aromatic heterocycles. The van der Waals surface area contributed by atoms with Crippen molar-refractivity contribution in [1.29, 1.82) is 0 Å². The van der Waals surface area contributed by atoms with Crippen molar-refractivity contribution in [1.82, 2.24) is 9.80 Å². The average molecular weight is 383 g/mol. The minimum atomic E-state index is -0.421. The molecule has 1 aliphatic rings. The SMILES string of the molecule is NC(=O)CSc1ccccc1C(=O)N1CCN(C(=O)c2ccccc2)CC1. The van der Waals surface area contributed by atoms with Crippen LogP contribution in [0.15, 0.2) is 59.5 Å². The molecule has 3 amide bonds. The van der Waals surface area contributed by atoms with Crippen molar-refractivity contribution < 1.29 is 14.4 Å². The van der Waals surface area contributed by atoms with Gasteiger partial charge in [0.15, 0.2) is 0 Å². The van der Waals surface area contributed by atoms with Crippen LogP contribution in [0.25, 0.3) is 0 Å². The Hall–Kier alpha value is -2.80. The van der Waals surface area contributed by atoms with Gasteiger partial charge >= 0.3 is 0 Å². The monoisotopic (exact) mass is 383 g/mol. The lowest BCUT2D eigenvalue weighted by molar-refractivity contribution is -0.115. The number of benzene rings is 2. The van der Waals surface area contributed by atoms with E-state index in [9.17, 15) is 14.4 Å². The Balaban J connectivity index is 1.64. The Morgan fingerprint density at radius 3 is 2.00 bits per heavy atom. The van der Waals surface area contributed by atoms with Crippen molar-refractivity contribution in [3.63, 3.8) is 0 Å². The molecule has 1 saturated heterocycles. The van der Waals surface area contributed by atoms with Crippen LogP contribution in [0.5, 0.6) is 0 Å². The molecule has 0 aliphatic carbocycles. The molecular weight excluding hydrogens is 362 g/mol. The highest BCUT2D eigenvalue weighted by atomic mass is 32.2.